The highest BCUT2D eigenvalue weighted by Crippen LogP contribution is 2.20. The van der Waals surface area contributed by atoms with E-state index in [9.17, 15) is 4.79 Å². The number of benzene rings is 1. The van der Waals surface area contributed by atoms with Gasteiger partial charge in [0.1, 0.15) is 0 Å². The van der Waals surface area contributed by atoms with Crippen molar-refractivity contribution >= 4 is 28.9 Å². The second-order valence-electron chi connectivity index (χ2n) is 3.85. The van der Waals surface area contributed by atoms with Gasteiger partial charge in [0.25, 0.3) is 5.91 Å². The van der Waals surface area contributed by atoms with E-state index in [4.69, 9.17) is 17.3 Å². The first-order chi connectivity index (χ1) is 8.58. The van der Waals surface area contributed by atoms with Crippen LogP contribution in [0.5, 0.6) is 0 Å². The van der Waals surface area contributed by atoms with Crippen molar-refractivity contribution in [3.05, 3.63) is 53.3 Å². The summed E-state index contributed by atoms with van der Waals surface area (Å²) in [5.74, 6) is -0.183. The number of nitrogens with zero attached hydrogens (tertiary/aromatic N) is 2. The normalized spacial score (nSPS) is 10.1. The third-order valence-corrected chi connectivity index (χ3v) is 2.72. The molecular weight excluding hydrogens is 250 g/mol. The summed E-state index contributed by atoms with van der Waals surface area (Å²) >= 11 is 5.88. The van der Waals surface area contributed by atoms with Crippen LogP contribution < -0.4 is 10.6 Å². The summed E-state index contributed by atoms with van der Waals surface area (Å²) in [7, 11) is 1.68. The van der Waals surface area contributed by atoms with Gasteiger partial charge < -0.3 is 10.6 Å². The van der Waals surface area contributed by atoms with E-state index in [2.05, 4.69) is 4.98 Å². The molecule has 4 nitrogen and oxygen atoms in total. The van der Waals surface area contributed by atoms with Gasteiger partial charge in [-0.3, -0.25) is 9.78 Å². The molecule has 0 aliphatic heterocycles. The maximum absolute atomic E-state index is 12.2. The quantitative estimate of drug-likeness (QED) is 0.846. The molecule has 2 rings (SSSR count). The number of hydrogen-bond donors (Lipinski definition) is 1. The summed E-state index contributed by atoms with van der Waals surface area (Å²) < 4.78 is 0. The fraction of sp³-hybridized carbons (Fsp3) is 0.0769. The maximum Gasteiger partial charge on any atom is 0.258 e. The van der Waals surface area contributed by atoms with Crippen LogP contribution in [-0.4, -0.2) is 17.9 Å². The number of nitrogen functional groups attached to an aromatic ring is 1. The maximum atomic E-state index is 12.2. The topological polar surface area (TPSA) is 59.2 Å². The van der Waals surface area contributed by atoms with E-state index in [0.29, 0.717) is 22.0 Å². The molecule has 92 valence electrons. The Hall–Kier alpha value is -2.07. The molecule has 1 amide bonds. The Labute approximate surface area is 110 Å². The first-order valence-electron chi connectivity index (χ1n) is 5.32. The monoisotopic (exact) mass is 261 g/mol. The summed E-state index contributed by atoms with van der Waals surface area (Å²) in [4.78, 5) is 17.7. The van der Waals surface area contributed by atoms with Crippen molar-refractivity contribution in [1.29, 1.82) is 0 Å². The summed E-state index contributed by atoms with van der Waals surface area (Å²) in [5.41, 5.74) is 7.29. The number of anilines is 2. The molecule has 0 saturated carbocycles. The van der Waals surface area contributed by atoms with E-state index < -0.39 is 0 Å². The molecule has 0 unspecified atom stereocenters. The minimum atomic E-state index is -0.183. The lowest BCUT2D eigenvalue weighted by molar-refractivity contribution is 0.0993. The fourth-order valence-corrected chi connectivity index (χ4v) is 1.84. The largest absolute Gasteiger partial charge is 0.399 e. The first-order valence-corrected chi connectivity index (χ1v) is 5.70. The third-order valence-electron chi connectivity index (χ3n) is 2.50. The zero-order valence-corrected chi connectivity index (χ0v) is 10.6. The van der Waals surface area contributed by atoms with Gasteiger partial charge in [-0.2, -0.15) is 0 Å². The van der Waals surface area contributed by atoms with Crippen LogP contribution in [0.3, 0.4) is 0 Å². The van der Waals surface area contributed by atoms with Gasteiger partial charge >= 0.3 is 0 Å². The second kappa shape index (κ2) is 5.06. The van der Waals surface area contributed by atoms with Crippen LogP contribution in [-0.2, 0) is 0 Å². The number of carbonyl (C=O) groups is 1. The Morgan fingerprint density at radius 3 is 2.78 bits per heavy atom. The highest BCUT2D eigenvalue weighted by Gasteiger charge is 2.14. The van der Waals surface area contributed by atoms with E-state index in [1.165, 1.54) is 4.90 Å². The summed E-state index contributed by atoms with van der Waals surface area (Å²) in [6.07, 6.45) is 3.27. The highest BCUT2D eigenvalue weighted by atomic mass is 35.5. The zero-order valence-electron chi connectivity index (χ0n) is 9.80. The van der Waals surface area contributed by atoms with Gasteiger partial charge in [0.05, 0.1) is 11.9 Å². The fourth-order valence-electron chi connectivity index (χ4n) is 1.60. The number of rotatable bonds is 2. The predicted molar refractivity (Wildman–Crippen MR) is 72.8 cm³/mol. The van der Waals surface area contributed by atoms with Crippen molar-refractivity contribution in [3.63, 3.8) is 0 Å². The molecule has 1 aromatic heterocycles. The molecule has 0 bridgehead atoms. The van der Waals surface area contributed by atoms with Gasteiger partial charge in [0, 0.05) is 29.5 Å². The molecule has 5 heteroatoms. The Morgan fingerprint density at radius 2 is 2.17 bits per heavy atom. The zero-order chi connectivity index (χ0) is 13.1. The van der Waals surface area contributed by atoms with Crippen molar-refractivity contribution in [2.24, 2.45) is 0 Å². The number of halogens is 1. The number of amides is 1. The van der Waals surface area contributed by atoms with Gasteiger partial charge in [-0.25, -0.2) is 0 Å². The Balaban J connectivity index is 2.31. The number of aromatic nitrogens is 1. The van der Waals surface area contributed by atoms with Crippen LogP contribution in [0, 0.1) is 0 Å². The minimum absolute atomic E-state index is 0.183. The van der Waals surface area contributed by atoms with E-state index in [1.807, 2.05) is 0 Å². The molecule has 0 aliphatic rings. The van der Waals surface area contributed by atoms with E-state index in [-0.39, 0.29) is 5.91 Å². The smallest absolute Gasteiger partial charge is 0.258 e. The van der Waals surface area contributed by atoms with Crippen molar-refractivity contribution in [1.82, 2.24) is 4.98 Å². The summed E-state index contributed by atoms with van der Waals surface area (Å²) in [6.45, 7) is 0. The van der Waals surface area contributed by atoms with Gasteiger partial charge in [-0.05, 0) is 30.3 Å². The summed E-state index contributed by atoms with van der Waals surface area (Å²) in [6, 6.07) is 8.36. The molecule has 0 fully saturated rings. The predicted octanol–water partition coefficient (Wildman–Crippen LogP) is 2.59. The van der Waals surface area contributed by atoms with E-state index >= 15 is 0 Å². The lowest BCUT2D eigenvalue weighted by Crippen LogP contribution is -2.26. The standard InChI is InChI=1S/C13H12ClN3O/c1-17(12-3-2-4-16-8-12)13(18)9-5-10(14)7-11(15)6-9/h2-8H,15H2,1H3. The van der Waals surface area contributed by atoms with Crippen LogP contribution in [0.2, 0.25) is 5.02 Å². The Kier molecular flexibility index (Phi) is 3.48. The highest BCUT2D eigenvalue weighted by molar-refractivity contribution is 6.31. The Morgan fingerprint density at radius 1 is 1.39 bits per heavy atom. The van der Waals surface area contributed by atoms with Gasteiger partial charge in [0.15, 0.2) is 0 Å². The number of pyridine rings is 1. The Bertz CT molecular complexity index is 551. The lowest BCUT2D eigenvalue weighted by atomic mass is 10.1. The SMILES string of the molecule is CN(C(=O)c1cc(N)cc(Cl)c1)c1cccnc1. The van der Waals surface area contributed by atoms with Crippen LogP contribution >= 0.6 is 11.6 Å². The van der Waals surface area contributed by atoms with E-state index in [1.54, 1.807) is 49.8 Å². The van der Waals surface area contributed by atoms with E-state index in [0.717, 1.165) is 0 Å². The second-order valence-corrected chi connectivity index (χ2v) is 4.29. The van der Waals surface area contributed by atoms with Crippen molar-refractivity contribution in [2.45, 2.75) is 0 Å². The van der Waals surface area contributed by atoms with Crippen molar-refractivity contribution < 1.29 is 4.79 Å². The third kappa shape index (κ3) is 2.60. The van der Waals surface area contributed by atoms with Crippen molar-refractivity contribution in [3.8, 4) is 0 Å². The van der Waals surface area contributed by atoms with Crippen LogP contribution in [0.4, 0.5) is 11.4 Å². The molecule has 0 aliphatic carbocycles. The van der Waals surface area contributed by atoms with Gasteiger partial charge in [-0.15, -0.1) is 0 Å². The van der Waals surface area contributed by atoms with Crippen molar-refractivity contribution in [2.75, 3.05) is 17.7 Å². The molecule has 1 heterocycles. The lowest BCUT2D eigenvalue weighted by Gasteiger charge is -2.17. The van der Waals surface area contributed by atoms with Crippen LogP contribution in [0.15, 0.2) is 42.7 Å². The molecule has 2 N–H and O–H groups in total. The molecule has 2 aromatic rings. The van der Waals surface area contributed by atoms with Gasteiger partial charge in [-0.1, -0.05) is 11.6 Å². The number of carbonyl (C=O) groups excluding carboxylic acids is 1. The minimum Gasteiger partial charge on any atom is -0.399 e. The molecule has 0 spiro atoms. The van der Waals surface area contributed by atoms with Crippen LogP contribution in [0.1, 0.15) is 10.4 Å². The van der Waals surface area contributed by atoms with Gasteiger partial charge in [0.2, 0.25) is 0 Å². The molecule has 0 radical (unpaired) electrons. The molecular formula is C13H12ClN3O. The first kappa shape index (κ1) is 12.4. The molecule has 0 saturated heterocycles. The van der Waals surface area contributed by atoms with Crippen LogP contribution in [0.25, 0.3) is 0 Å². The number of hydrogen-bond acceptors (Lipinski definition) is 3. The molecule has 0 atom stereocenters. The average Bonchev–Trinajstić information content (AvgIpc) is 2.37. The average molecular weight is 262 g/mol. The summed E-state index contributed by atoms with van der Waals surface area (Å²) in [5, 5.41) is 0.443. The number of nitrogens with two attached hydrogens (primary N) is 1. The molecule has 1 aromatic carbocycles. The molecule has 18 heavy (non-hydrogen) atoms.